The van der Waals surface area contributed by atoms with Crippen molar-refractivity contribution in [2.75, 3.05) is 13.7 Å². The predicted octanol–water partition coefficient (Wildman–Crippen LogP) is 5.30. The molecule has 164 valence electrons. The molecule has 1 aliphatic rings. The highest BCUT2D eigenvalue weighted by atomic mass is 16.6. The van der Waals surface area contributed by atoms with Gasteiger partial charge in [0.15, 0.2) is 0 Å². The fraction of sp³-hybridized carbons (Fsp3) is 0.500. The molecule has 0 spiro atoms. The van der Waals surface area contributed by atoms with E-state index in [1.165, 1.54) is 12.0 Å². The van der Waals surface area contributed by atoms with Crippen LogP contribution >= 0.6 is 0 Å². The van der Waals surface area contributed by atoms with Crippen LogP contribution in [-0.2, 0) is 24.3 Å². The molecule has 0 bridgehead atoms. The van der Waals surface area contributed by atoms with Crippen LogP contribution in [0.5, 0.6) is 11.5 Å². The lowest BCUT2D eigenvalue weighted by atomic mass is 10.00. The number of benzene rings is 1. The maximum absolute atomic E-state index is 12.1. The largest absolute Gasteiger partial charge is 0.495 e. The summed E-state index contributed by atoms with van der Waals surface area (Å²) in [5.41, 5.74) is 4.02. The standard InChI is InChI=1S/C21H26N2O4.C3H8/c1-14(2)27-21(24)23-10-9-16-11-18(7-6-17(16)12-23)26-13-19-20(25-4)8-5-15(3)22-19;1-3-2/h5-8,11,14H,9-10,12-13H2,1-4H3;3H2,1-2H3. The minimum atomic E-state index is -0.256. The van der Waals surface area contributed by atoms with Gasteiger partial charge in [0, 0.05) is 18.8 Å². The molecule has 1 aromatic carbocycles. The molecule has 0 N–H and O–H groups in total. The van der Waals surface area contributed by atoms with Crippen molar-refractivity contribution >= 4 is 6.09 Å². The van der Waals surface area contributed by atoms with Gasteiger partial charge in [0.1, 0.15) is 23.8 Å². The molecule has 0 atom stereocenters. The summed E-state index contributed by atoms with van der Waals surface area (Å²) in [6, 6.07) is 9.80. The summed E-state index contributed by atoms with van der Waals surface area (Å²) in [6.45, 7) is 11.5. The number of amides is 1. The highest BCUT2D eigenvalue weighted by Gasteiger charge is 2.22. The number of carbonyl (C=O) groups excluding carboxylic acids is 1. The van der Waals surface area contributed by atoms with Gasteiger partial charge in [-0.3, -0.25) is 4.98 Å². The number of methoxy groups -OCH3 is 1. The Hall–Kier alpha value is -2.76. The SMILES string of the molecule is CCC.COc1ccc(C)nc1COc1ccc2c(c1)CCN(C(=O)OC(C)C)C2. The third kappa shape index (κ3) is 6.65. The predicted molar refractivity (Wildman–Crippen MR) is 118 cm³/mol. The second-order valence-electron chi connectivity index (χ2n) is 7.63. The van der Waals surface area contributed by atoms with Crippen LogP contribution in [0, 0.1) is 6.92 Å². The maximum atomic E-state index is 12.1. The van der Waals surface area contributed by atoms with Crippen molar-refractivity contribution in [3.05, 3.63) is 52.8 Å². The topological polar surface area (TPSA) is 60.9 Å². The van der Waals surface area contributed by atoms with E-state index < -0.39 is 0 Å². The van der Waals surface area contributed by atoms with Crippen molar-refractivity contribution in [1.29, 1.82) is 0 Å². The van der Waals surface area contributed by atoms with Gasteiger partial charge >= 0.3 is 6.09 Å². The van der Waals surface area contributed by atoms with E-state index >= 15 is 0 Å². The van der Waals surface area contributed by atoms with Crippen molar-refractivity contribution in [3.63, 3.8) is 0 Å². The highest BCUT2D eigenvalue weighted by molar-refractivity contribution is 5.68. The third-order valence-corrected chi connectivity index (χ3v) is 4.45. The van der Waals surface area contributed by atoms with Crippen LogP contribution in [0.25, 0.3) is 0 Å². The number of aryl methyl sites for hydroxylation is 1. The van der Waals surface area contributed by atoms with Gasteiger partial charge in [-0.15, -0.1) is 0 Å². The quantitative estimate of drug-likeness (QED) is 0.665. The maximum Gasteiger partial charge on any atom is 0.410 e. The number of pyridine rings is 1. The summed E-state index contributed by atoms with van der Waals surface area (Å²) in [6.07, 6.45) is 1.67. The molecule has 0 radical (unpaired) electrons. The molecule has 1 aliphatic heterocycles. The lowest BCUT2D eigenvalue weighted by molar-refractivity contribution is 0.0730. The number of fused-ring (bicyclic) bond motifs is 1. The van der Waals surface area contributed by atoms with E-state index in [0.29, 0.717) is 19.7 Å². The Labute approximate surface area is 180 Å². The second kappa shape index (κ2) is 11.4. The van der Waals surface area contributed by atoms with E-state index in [9.17, 15) is 4.79 Å². The molecule has 6 nitrogen and oxygen atoms in total. The molecule has 2 heterocycles. The Morgan fingerprint density at radius 2 is 1.90 bits per heavy atom. The fourth-order valence-electron chi connectivity index (χ4n) is 3.09. The monoisotopic (exact) mass is 414 g/mol. The van der Waals surface area contributed by atoms with Crippen molar-refractivity contribution in [3.8, 4) is 11.5 Å². The molecule has 0 fully saturated rings. The summed E-state index contributed by atoms with van der Waals surface area (Å²) < 4.78 is 16.6. The first-order chi connectivity index (χ1) is 14.4. The fourth-order valence-corrected chi connectivity index (χ4v) is 3.09. The van der Waals surface area contributed by atoms with Crippen LogP contribution in [0.1, 0.15) is 56.6 Å². The first-order valence-corrected chi connectivity index (χ1v) is 10.6. The van der Waals surface area contributed by atoms with E-state index in [1.807, 2.05) is 51.1 Å². The Bertz CT molecular complexity index is 836. The van der Waals surface area contributed by atoms with Crippen molar-refractivity contribution in [2.24, 2.45) is 0 Å². The Balaban J connectivity index is 0.00000101. The molecular formula is C24H34N2O4. The van der Waals surface area contributed by atoms with Crippen LogP contribution in [0.3, 0.4) is 0 Å². The lowest BCUT2D eigenvalue weighted by Crippen LogP contribution is -2.37. The minimum absolute atomic E-state index is 0.109. The zero-order valence-corrected chi connectivity index (χ0v) is 19.0. The lowest BCUT2D eigenvalue weighted by Gasteiger charge is -2.29. The highest BCUT2D eigenvalue weighted by Crippen LogP contribution is 2.26. The number of aromatic nitrogens is 1. The molecule has 0 saturated heterocycles. The van der Waals surface area contributed by atoms with Gasteiger partial charge in [-0.2, -0.15) is 0 Å². The Morgan fingerprint density at radius 3 is 2.57 bits per heavy atom. The average Bonchev–Trinajstić information content (AvgIpc) is 2.72. The normalized spacial score (nSPS) is 12.6. The van der Waals surface area contributed by atoms with Crippen LogP contribution in [0.15, 0.2) is 30.3 Å². The zero-order chi connectivity index (χ0) is 22.1. The van der Waals surface area contributed by atoms with Crippen LogP contribution in [-0.4, -0.2) is 35.7 Å². The van der Waals surface area contributed by atoms with E-state index in [1.54, 1.807) is 12.0 Å². The van der Waals surface area contributed by atoms with E-state index in [4.69, 9.17) is 14.2 Å². The van der Waals surface area contributed by atoms with E-state index in [2.05, 4.69) is 18.8 Å². The van der Waals surface area contributed by atoms with Gasteiger partial charge in [0.05, 0.1) is 13.2 Å². The number of rotatable bonds is 5. The molecule has 0 aliphatic carbocycles. The van der Waals surface area contributed by atoms with Crippen molar-refractivity contribution in [1.82, 2.24) is 9.88 Å². The van der Waals surface area contributed by atoms with Gasteiger partial charge in [0.25, 0.3) is 0 Å². The number of nitrogens with zero attached hydrogens (tertiary/aromatic N) is 2. The summed E-state index contributed by atoms with van der Waals surface area (Å²) >= 11 is 0. The Morgan fingerprint density at radius 1 is 1.17 bits per heavy atom. The molecule has 2 aromatic rings. The molecule has 1 aromatic heterocycles. The molecule has 30 heavy (non-hydrogen) atoms. The average molecular weight is 415 g/mol. The van der Waals surface area contributed by atoms with Gasteiger partial charge in [0.2, 0.25) is 0 Å². The number of ether oxygens (including phenoxy) is 3. The smallest absolute Gasteiger partial charge is 0.410 e. The Kier molecular flexibility index (Phi) is 8.96. The first kappa shape index (κ1) is 23.5. The van der Waals surface area contributed by atoms with Gasteiger partial charge < -0.3 is 19.1 Å². The van der Waals surface area contributed by atoms with Gasteiger partial charge in [-0.05, 0) is 62.6 Å². The second-order valence-corrected chi connectivity index (χ2v) is 7.63. The van der Waals surface area contributed by atoms with Crippen molar-refractivity contribution in [2.45, 2.75) is 66.7 Å². The summed E-state index contributed by atoms with van der Waals surface area (Å²) in [4.78, 5) is 18.3. The molecule has 0 unspecified atom stereocenters. The number of carbonyl (C=O) groups is 1. The molecule has 1 amide bonds. The third-order valence-electron chi connectivity index (χ3n) is 4.45. The summed E-state index contributed by atoms with van der Waals surface area (Å²) in [7, 11) is 1.63. The molecule has 0 saturated carbocycles. The first-order valence-electron chi connectivity index (χ1n) is 10.6. The molecule has 3 rings (SSSR count). The zero-order valence-electron chi connectivity index (χ0n) is 19.0. The minimum Gasteiger partial charge on any atom is -0.495 e. The summed E-state index contributed by atoms with van der Waals surface area (Å²) in [5, 5.41) is 0. The van der Waals surface area contributed by atoms with Crippen LogP contribution in [0.4, 0.5) is 4.79 Å². The van der Waals surface area contributed by atoms with Crippen LogP contribution in [0.2, 0.25) is 0 Å². The molecular weight excluding hydrogens is 380 g/mol. The van der Waals surface area contributed by atoms with Gasteiger partial charge in [-0.25, -0.2) is 4.79 Å². The molecule has 6 heteroatoms. The number of hydrogen-bond acceptors (Lipinski definition) is 5. The van der Waals surface area contributed by atoms with E-state index in [-0.39, 0.29) is 12.2 Å². The van der Waals surface area contributed by atoms with Gasteiger partial charge in [-0.1, -0.05) is 26.3 Å². The summed E-state index contributed by atoms with van der Waals surface area (Å²) in [5.74, 6) is 1.51. The van der Waals surface area contributed by atoms with Crippen LogP contribution < -0.4 is 9.47 Å². The van der Waals surface area contributed by atoms with E-state index in [0.717, 1.165) is 34.9 Å². The number of hydrogen-bond donors (Lipinski definition) is 0. The van der Waals surface area contributed by atoms with Crippen molar-refractivity contribution < 1.29 is 19.0 Å².